The van der Waals surface area contributed by atoms with E-state index in [1.165, 1.54) is 0 Å². The lowest BCUT2D eigenvalue weighted by molar-refractivity contribution is 0.00336. The summed E-state index contributed by atoms with van der Waals surface area (Å²) < 4.78 is 5.39. The van der Waals surface area contributed by atoms with Gasteiger partial charge in [0.15, 0.2) is 0 Å². The van der Waals surface area contributed by atoms with E-state index in [0.29, 0.717) is 31.3 Å². The third-order valence-electron chi connectivity index (χ3n) is 4.61. The van der Waals surface area contributed by atoms with Gasteiger partial charge in [-0.3, -0.25) is 4.90 Å². The van der Waals surface area contributed by atoms with Gasteiger partial charge in [0.1, 0.15) is 6.10 Å². The zero-order valence-corrected chi connectivity index (χ0v) is 17.2. The molecule has 2 atom stereocenters. The average molecular weight is 415 g/mol. The molecule has 6 heteroatoms. The maximum Gasteiger partial charge on any atom is 0.145 e. The smallest absolute Gasteiger partial charge is 0.145 e. The molecule has 1 heterocycles. The van der Waals surface area contributed by atoms with Crippen LogP contribution in [0.15, 0.2) is 72.4 Å². The van der Waals surface area contributed by atoms with Crippen molar-refractivity contribution in [2.75, 3.05) is 26.3 Å². The first-order valence-electron chi connectivity index (χ1n) is 9.75. The van der Waals surface area contributed by atoms with Gasteiger partial charge in [0.2, 0.25) is 0 Å². The molecule has 29 heavy (non-hydrogen) atoms. The highest BCUT2D eigenvalue weighted by Crippen LogP contribution is 2.19. The van der Waals surface area contributed by atoms with Gasteiger partial charge in [-0.05, 0) is 23.3 Å². The van der Waals surface area contributed by atoms with Crippen LogP contribution in [0.25, 0.3) is 0 Å². The summed E-state index contributed by atoms with van der Waals surface area (Å²) in [7, 11) is 0. The quantitative estimate of drug-likeness (QED) is 0.447. The topological polar surface area (TPSA) is 54.3 Å². The Morgan fingerprint density at radius 3 is 2.86 bits per heavy atom. The lowest BCUT2D eigenvalue weighted by Gasteiger charge is -2.27. The van der Waals surface area contributed by atoms with E-state index in [9.17, 15) is 5.11 Å². The second-order valence-corrected chi connectivity index (χ2v) is 7.58. The van der Waals surface area contributed by atoms with Crippen LogP contribution in [0.3, 0.4) is 0 Å². The van der Waals surface area contributed by atoms with E-state index >= 15 is 0 Å². The van der Waals surface area contributed by atoms with Gasteiger partial charge < -0.3 is 14.7 Å². The second-order valence-electron chi connectivity index (χ2n) is 7.14. The molecule has 1 aliphatic rings. The second kappa shape index (κ2) is 11.1. The monoisotopic (exact) mass is 414 g/mol. The molecule has 0 saturated carbocycles. The summed E-state index contributed by atoms with van der Waals surface area (Å²) in [6, 6.07) is 17.8. The maximum atomic E-state index is 10.4. The van der Waals surface area contributed by atoms with E-state index in [4.69, 9.17) is 21.2 Å². The Hall–Kier alpha value is -2.18. The lowest BCUT2D eigenvalue weighted by Crippen LogP contribution is -2.39. The van der Waals surface area contributed by atoms with E-state index in [-0.39, 0.29) is 12.7 Å². The fourth-order valence-corrected chi connectivity index (χ4v) is 3.56. The Bertz CT molecular complexity index is 813. The molecule has 0 amide bonds. The Morgan fingerprint density at radius 2 is 2.10 bits per heavy atom. The SMILES string of the molecule is C=CCOCC(O)CN(Cc1cccc(Cl)c1)CC1CC(c2ccccc2)=NO1. The minimum Gasteiger partial charge on any atom is -0.390 e. The number of nitrogens with zero attached hydrogens (tertiary/aromatic N) is 2. The molecular formula is C23H27ClN2O3. The van der Waals surface area contributed by atoms with Crippen LogP contribution in [0, 0.1) is 0 Å². The molecule has 1 aliphatic heterocycles. The molecule has 5 nitrogen and oxygen atoms in total. The largest absolute Gasteiger partial charge is 0.390 e. The highest BCUT2D eigenvalue weighted by Gasteiger charge is 2.25. The number of ether oxygens (including phenoxy) is 1. The molecule has 154 valence electrons. The maximum absolute atomic E-state index is 10.4. The molecule has 2 unspecified atom stereocenters. The zero-order valence-electron chi connectivity index (χ0n) is 16.4. The normalized spacial score (nSPS) is 17.1. The predicted octanol–water partition coefficient (Wildman–Crippen LogP) is 3.90. The third-order valence-corrected chi connectivity index (χ3v) is 4.85. The molecule has 3 rings (SSSR count). The Morgan fingerprint density at radius 1 is 1.28 bits per heavy atom. The van der Waals surface area contributed by atoms with Gasteiger partial charge in [0, 0.05) is 31.1 Å². The molecule has 0 spiro atoms. The van der Waals surface area contributed by atoms with Crippen molar-refractivity contribution in [3.63, 3.8) is 0 Å². The predicted molar refractivity (Wildman–Crippen MR) is 116 cm³/mol. The molecule has 0 fully saturated rings. The number of benzene rings is 2. The fraction of sp³-hybridized carbons (Fsp3) is 0.348. The molecule has 0 radical (unpaired) electrons. The third kappa shape index (κ3) is 6.98. The summed E-state index contributed by atoms with van der Waals surface area (Å²) >= 11 is 6.14. The first kappa shape index (κ1) is 21.5. The minimum absolute atomic E-state index is 0.0642. The van der Waals surface area contributed by atoms with Crippen LogP contribution in [-0.4, -0.2) is 54.2 Å². The average Bonchev–Trinajstić information content (AvgIpc) is 3.17. The van der Waals surface area contributed by atoms with Crippen molar-refractivity contribution in [1.29, 1.82) is 0 Å². The number of hydrogen-bond acceptors (Lipinski definition) is 5. The molecule has 1 N–H and O–H groups in total. The van der Waals surface area contributed by atoms with E-state index in [2.05, 4.69) is 16.6 Å². The van der Waals surface area contributed by atoms with Crippen LogP contribution in [0.5, 0.6) is 0 Å². The number of rotatable bonds is 11. The minimum atomic E-state index is -0.606. The van der Waals surface area contributed by atoms with Crippen molar-refractivity contribution in [3.8, 4) is 0 Å². The number of halogens is 1. The van der Waals surface area contributed by atoms with Crippen molar-refractivity contribution in [2.45, 2.75) is 25.2 Å². The van der Waals surface area contributed by atoms with Crippen LogP contribution in [0.4, 0.5) is 0 Å². The molecule has 2 aromatic rings. The summed E-state index contributed by atoms with van der Waals surface area (Å²) in [5.74, 6) is 0. The number of oxime groups is 1. The van der Waals surface area contributed by atoms with E-state index in [1.807, 2.05) is 54.6 Å². The van der Waals surface area contributed by atoms with Gasteiger partial charge in [0.25, 0.3) is 0 Å². The fourth-order valence-electron chi connectivity index (χ4n) is 3.35. The van der Waals surface area contributed by atoms with E-state index in [1.54, 1.807) is 6.08 Å². The van der Waals surface area contributed by atoms with Crippen molar-refractivity contribution < 1.29 is 14.7 Å². The summed E-state index contributed by atoms with van der Waals surface area (Å²) in [6.45, 7) is 6.06. The molecule has 0 saturated heterocycles. The van der Waals surface area contributed by atoms with Crippen LogP contribution in [0.2, 0.25) is 5.02 Å². The van der Waals surface area contributed by atoms with Crippen LogP contribution in [0.1, 0.15) is 17.5 Å². The Labute approximate surface area is 177 Å². The summed E-state index contributed by atoms with van der Waals surface area (Å²) in [4.78, 5) is 7.84. The summed E-state index contributed by atoms with van der Waals surface area (Å²) in [6.07, 6.45) is 1.74. The summed E-state index contributed by atoms with van der Waals surface area (Å²) in [5, 5.41) is 15.4. The van der Waals surface area contributed by atoms with Crippen molar-refractivity contribution >= 4 is 17.3 Å². The molecule has 0 aliphatic carbocycles. The highest BCUT2D eigenvalue weighted by molar-refractivity contribution is 6.30. The van der Waals surface area contributed by atoms with E-state index < -0.39 is 6.10 Å². The molecule has 0 bridgehead atoms. The molecule has 2 aromatic carbocycles. The van der Waals surface area contributed by atoms with Gasteiger partial charge in [-0.25, -0.2) is 0 Å². The van der Waals surface area contributed by atoms with Crippen LogP contribution < -0.4 is 0 Å². The number of aliphatic hydroxyl groups excluding tert-OH is 1. The van der Waals surface area contributed by atoms with Crippen molar-refractivity contribution in [3.05, 3.63) is 83.4 Å². The van der Waals surface area contributed by atoms with Gasteiger partial charge in [-0.1, -0.05) is 65.3 Å². The standard InChI is InChI=1S/C23H27ClN2O3/c1-2-11-28-17-21(27)15-26(14-18-7-6-10-20(24)12-18)16-22-13-23(25-29-22)19-8-4-3-5-9-19/h2-10,12,21-22,27H,1,11,13-17H2. The first-order chi connectivity index (χ1) is 14.1. The number of hydrogen-bond donors (Lipinski definition) is 1. The first-order valence-corrected chi connectivity index (χ1v) is 10.1. The van der Waals surface area contributed by atoms with Crippen molar-refractivity contribution in [1.82, 2.24) is 4.90 Å². The molecule has 0 aromatic heterocycles. The van der Waals surface area contributed by atoms with Crippen LogP contribution in [-0.2, 0) is 16.1 Å². The van der Waals surface area contributed by atoms with Gasteiger partial charge in [-0.2, -0.15) is 0 Å². The van der Waals surface area contributed by atoms with E-state index in [0.717, 1.165) is 23.3 Å². The lowest BCUT2D eigenvalue weighted by atomic mass is 10.0. The van der Waals surface area contributed by atoms with Gasteiger partial charge in [0.05, 0.1) is 25.0 Å². The highest BCUT2D eigenvalue weighted by atomic mass is 35.5. The summed E-state index contributed by atoms with van der Waals surface area (Å²) in [5.41, 5.74) is 3.11. The zero-order chi connectivity index (χ0) is 20.5. The number of aliphatic hydroxyl groups is 1. The Kier molecular flexibility index (Phi) is 8.25. The van der Waals surface area contributed by atoms with Gasteiger partial charge >= 0.3 is 0 Å². The van der Waals surface area contributed by atoms with Crippen molar-refractivity contribution in [2.24, 2.45) is 5.16 Å². The Balaban J connectivity index is 1.61. The van der Waals surface area contributed by atoms with Crippen LogP contribution >= 0.6 is 11.6 Å². The molecular weight excluding hydrogens is 388 g/mol. The van der Waals surface area contributed by atoms with Gasteiger partial charge in [-0.15, -0.1) is 6.58 Å².